The van der Waals surface area contributed by atoms with E-state index < -0.39 is 5.91 Å². The van der Waals surface area contributed by atoms with Crippen LogP contribution in [0.1, 0.15) is 22.4 Å². The monoisotopic (exact) mass is 372 g/mol. The number of ether oxygens (including phenoxy) is 2. The summed E-state index contributed by atoms with van der Waals surface area (Å²) in [5, 5.41) is 13.8. The van der Waals surface area contributed by atoms with Gasteiger partial charge < -0.3 is 9.47 Å². The van der Waals surface area contributed by atoms with Gasteiger partial charge >= 0.3 is 0 Å². The second-order valence-electron chi connectivity index (χ2n) is 5.28. The van der Waals surface area contributed by atoms with Gasteiger partial charge in [-0.25, -0.2) is 10.4 Å². The summed E-state index contributed by atoms with van der Waals surface area (Å²) >= 11 is 5.79. The average Bonchev–Trinajstić information content (AvgIpc) is 2.62. The Balaban J connectivity index is 1.96. The van der Waals surface area contributed by atoms with E-state index >= 15 is 0 Å². The first-order valence-corrected chi connectivity index (χ1v) is 8.01. The van der Waals surface area contributed by atoms with Crippen LogP contribution in [0.15, 0.2) is 35.4 Å². The Morgan fingerprint density at radius 3 is 2.81 bits per heavy atom. The van der Waals surface area contributed by atoms with Gasteiger partial charge in [0.05, 0.1) is 12.8 Å². The number of hydrazone groups is 1. The Morgan fingerprint density at radius 2 is 2.15 bits per heavy atom. The molecule has 0 aliphatic heterocycles. The molecule has 0 atom stereocenters. The molecule has 0 unspecified atom stereocenters. The molecule has 2 aromatic rings. The number of aromatic nitrogens is 1. The van der Waals surface area contributed by atoms with Gasteiger partial charge in [-0.1, -0.05) is 23.7 Å². The van der Waals surface area contributed by atoms with Crippen molar-refractivity contribution in [2.75, 3.05) is 13.7 Å². The molecule has 134 valence electrons. The van der Waals surface area contributed by atoms with Gasteiger partial charge in [0.25, 0.3) is 5.91 Å². The van der Waals surface area contributed by atoms with Crippen LogP contribution in [0.25, 0.3) is 0 Å². The number of aryl methyl sites for hydroxylation is 1. The molecular formula is C18H17ClN4O3. The number of carbonyl (C=O) groups is 1. The Labute approximate surface area is 156 Å². The fraction of sp³-hybridized carbons (Fsp3) is 0.222. The van der Waals surface area contributed by atoms with Crippen molar-refractivity contribution in [2.24, 2.45) is 5.10 Å². The summed E-state index contributed by atoms with van der Waals surface area (Å²) in [5.74, 6) is -0.382. The van der Waals surface area contributed by atoms with E-state index in [-0.39, 0.29) is 24.7 Å². The number of rotatable bonds is 7. The van der Waals surface area contributed by atoms with Crippen molar-refractivity contribution in [3.05, 3.63) is 57.7 Å². The number of halogens is 1. The molecule has 1 amide bonds. The number of nitrogens with one attached hydrogen (secondary N) is 1. The standard InChI is InChI=1S/C18H17ClN4O3/c1-12-7-14(10-25-2)16(8-20)18(22-12)26-11-17(24)23-21-9-13-3-5-15(19)6-4-13/h3-7,9H,10-11H2,1-2H3,(H,23,24)/b21-9+. The van der Waals surface area contributed by atoms with E-state index in [0.29, 0.717) is 16.3 Å². The summed E-state index contributed by atoms with van der Waals surface area (Å²) in [4.78, 5) is 16.0. The number of methoxy groups -OCH3 is 1. The van der Waals surface area contributed by atoms with Gasteiger partial charge in [-0.2, -0.15) is 10.4 Å². The number of benzene rings is 1. The lowest BCUT2D eigenvalue weighted by Gasteiger charge is -2.10. The highest BCUT2D eigenvalue weighted by atomic mass is 35.5. The minimum Gasteiger partial charge on any atom is -0.467 e. The molecule has 1 aromatic heterocycles. The molecule has 0 spiro atoms. The van der Waals surface area contributed by atoms with Crippen molar-refractivity contribution in [3.8, 4) is 11.9 Å². The number of nitriles is 1. The minimum atomic E-state index is -0.476. The molecular weight excluding hydrogens is 356 g/mol. The average molecular weight is 373 g/mol. The topological polar surface area (TPSA) is 96.6 Å². The first-order valence-electron chi connectivity index (χ1n) is 7.63. The Hall–Kier alpha value is -2.95. The number of hydrogen-bond donors (Lipinski definition) is 1. The van der Waals surface area contributed by atoms with Crippen LogP contribution < -0.4 is 10.2 Å². The predicted molar refractivity (Wildman–Crippen MR) is 97.1 cm³/mol. The Kier molecular flexibility index (Phi) is 7.09. The lowest BCUT2D eigenvalue weighted by atomic mass is 10.1. The summed E-state index contributed by atoms with van der Waals surface area (Å²) in [6, 6.07) is 10.7. The highest BCUT2D eigenvalue weighted by Gasteiger charge is 2.14. The van der Waals surface area contributed by atoms with Crippen LogP contribution in [-0.2, 0) is 16.1 Å². The van der Waals surface area contributed by atoms with Crippen molar-refractivity contribution in [1.82, 2.24) is 10.4 Å². The largest absolute Gasteiger partial charge is 0.467 e. The van der Waals surface area contributed by atoms with E-state index in [1.807, 2.05) is 6.07 Å². The summed E-state index contributed by atoms with van der Waals surface area (Å²) < 4.78 is 10.5. The summed E-state index contributed by atoms with van der Waals surface area (Å²) in [6.45, 7) is 1.69. The van der Waals surface area contributed by atoms with E-state index in [2.05, 4.69) is 15.5 Å². The first-order chi connectivity index (χ1) is 12.5. The van der Waals surface area contributed by atoms with Crippen molar-refractivity contribution < 1.29 is 14.3 Å². The second kappa shape index (κ2) is 9.51. The van der Waals surface area contributed by atoms with Gasteiger partial charge in [-0.15, -0.1) is 0 Å². The maximum absolute atomic E-state index is 11.8. The van der Waals surface area contributed by atoms with E-state index in [0.717, 1.165) is 5.56 Å². The molecule has 0 fully saturated rings. The van der Waals surface area contributed by atoms with Gasteiger partial charge in [-0.3, -0.25) is 4.79 Å². The number of nitrogens with zero attached hydrogens (tertiary/aromatic N) is 3. The lowest BCUT2D eigenvalue weighted by Crippen LogP contribution is -2.25. The van der Waals surface area contributed by atoms with Gasteiger partial charge in [0.1, 0.15) is 11.6 Å². The molecule has 7 nitrogen and oxygen atoms in total. The number of amides is 1. The van der Waals surface area contributed by atoms with Gasteiger partial charge in [-0.05, 0) is 30.7 Å². The molecule has 0 aliphatic rings. The highest BCUT2D eigenvalue weighted by molar-refractivity contribution is 6.30. The van der Waals surface area contributed by atoms with Crippen LogP contribution in [0, 0.1) is 18.3 Å². The molecule has 0 radical (unpaired) electrons. The first kappa shape index (κ1) is 19.4. The zero-order chi connectivity index (χ0) is 18.9. The van der Waals surface area contributed by atoms with Crippen LogP contribution in [0.4, 0.5) is 0 Å². The van der Waals surface area contributed by atoms with E-state index in [4.69, 9.17) is 21.1 Å². The van der Waals surface area contributed by atoms with Crippen LogP contribution in [0.3, 0.4) is 0 Å². The lowest BCUT2D eigenvalue weighted by molar-refractivity contribution is -0.123. The maximum Gasteiger partial charge on any atom is 0.278 e. The van der Waals surface area contributed by atoms with Crippen LogP contribution in [-0.4, -0.2) is 30.8 Å². The molecule has 0 bridgehead atoms. The smallest absolute Gasteiger partial charge is 0.278 e. The van der Waals surface area contributed by atoms with Crippen LogP contribution in [0.2, 0.25) is 5.02 Å². The Bertz CT molecular complexity index is 845. The zero-order valence-corrected chi connectivity index (χ0v) is 15.1. The third-order valence-corrected chi connectivity index (χ3v) is 3.47. The third kappa shape index (κ3) is 5.55. The summed E-state index contributed by atoms with van der Waals surface area (Å²) in [5.41, 5.74) is 4.69. The zero-order valence-electron chi connectivity index (χ0n) is 14.3. The molecule has 8 heteroatoms. The summed E-state index contributed by atoms with van der Waals surface area (Å²) in [6.07, 6.45) is 1.48. The molecule has 1 N–H and O–H groups in total. The van der Waals surface area contributed by atoms with Gasteiger partial charge in [0, 0.05) is 23.4 Å². The van der Waals surface area contributed by atoms with Crippen molar-refractivity contribution in [2.45, 2.75) is 13.5 Å². The van der Waals surface area contributed by atoms with Crippen molar-refractivity contribution in [3.63, 3.8) is 0 Å². The fourth-order valence-electron chi connectivity index (χ4n) is 2.10. The van der Waals surface area contributed by atoms with Crippen LogP contribution in [0.5, 0.6) is 5.88 Å². The maximum atomic E-state index is 11.8. The summed E-state index contributed by atoms with van der Waals surface area (Å²) in [7, 11) is 1.53. The SMILES string of the molecule is COCc1cc(C)nc(OCC(=O)N/N=C/c2ccc(Cl)cc2)c1C#N. The van der Waals surface area contributed by atoms with Crippen molar-refractivity contribution >= 4 is 23.7 Å². The quantitative estimate of drug-likeness (QED) is 0.595. The van der Waals surface area contributed by atoms with Gasteiger partial charge in [0.2, 0.25) is 5.88 Å². The molecule has 26 heavy (non-hydrogen) atoms. The highest BCUT2D eigenvalue weighted by Crippen LogP contribution is 2.21. The van der Waals surface area contributed by atoms with Crippen molar-refractivity contribution in [1.29, 1.82) is 5.26 Å². The van der Waals surface area contributed by atoms with Gasteiger partial charge in [0.15, 0.2) is 6.61 Å². The number of hydrogen-bond acceptors (Lipinski definition) is 6. The van der Waals surface area contributed by atoms with E-state index in [1.54, 1.807) is 37.3 Å². The van der Waals surface area contributed by atoms with E-state index in [1.165, 1.54) is 13.3 Å². The normalized spacial score (nSPS) is 10.5. The van der Waals surface area contributed by atoms with Crippen LogP contribution >= 0.6 is 11.6 Å². The predicted octanol–water partition coefficient (Wildman–Crippen LogP) is 2.59. The third-order valence-electron chi connectivity index (χ3n) is 3.22. The second-order valence-corrected chi connectivity index (χ2v) is 5.72. The molecule has 0 saturated carbocycles. The number of pyridine rings is 1. The Morgan fingerprint density at radius 1 is 1.42 bits per heavy atom. The van der Waals surface area contributed by atoms with E-state index in [9.17, 15) is 10.1 Å². The molecule has 0 saturated heterocycles. The number of carbonyl (C=O) groups excluding carboxylic acids is 1. The minimum absolute atomic E-state index is 0.0939. The molecule has 2 rings (SSSR count). The molecule has 1 aromatic carbocycles. The fourth-order valence-corrected chi connectivity index (χ4v) is 2.22. The molecule has 1 heterocycles. The molecule has 0 aliphatic carbocycles.